The molecule has 1 unspecified atom stereocenters. The quantitative estimate of drug-likeness (QED) is 0.124. The molecular weight excluding hydrogens is 920 g/mol. The summed E-state index contributed by atoms with van der Waals surface area (Å²) < 4.78 is 0. The van der Waals surface area contributed by atoms with Gasteiger partial charge in [0.2, 0.25) is 0 Å². The highest BCUT2D eigenvalue weighted by atomic mass is 35.5. The number of halogens is 8. The zero-order valence-corrected chi connectivity index (χ0v) is 36.0. The number of phenols is 2. The molecule has 0 aliphatic carbocycles. The number of nitrogen functional groups attached to an aromatic ring is 1. The number of nitrogens with two attached hydrogens (primary N) is 1. The Labute approximate surface area is 378 Å². The third kappa shape index (κ3) is 12.4. The van der Waals surface area contributed by atoms with Gasteiger partial charge in [-0.3, -0.25) is 14.8 Å². The zero-order valence-electron chi connectivity index (χ0n) is 30.0. The van der Waals surface area contributed by atoms with E-state index in [1.54, 1.807) is 60.9 Å². The average Bonchev–Trinajstić information content (AvgIpc) is 3.21. The summed E-state index contributed by atoms with van der Waals surface area (Å²) in [5.74, 6) is 1.13. The second-order valence-electron chi connectivity index (χ2n) is 12.0. The molecular formula is C42H28Cl8N6O3. The molecule has 8 rings (SSSR count). The molecule has 0 saturated heterocycles. The maximum absolute atomic E-state index is 11.0. The maximum Gasteiger partial charge on any atom is 0.151 e. The number of hydrogen-bond donors (Lipinski definition) is 4. The van der Waals surface area contributed by atoms with Crippen molar-refractivity contribution in [1.82, 2.24) is 19.9 Å². The summed E-state index contributed by atoms with van der Waals surface area (Å²) in [6, 6.07) is 29.0. The first-order valence-electron chi connectivity index (χ1n) is 16.8. The van der Waals surface area contributed by atoms with Crippen molar-refractivity contribution in [3.8, 4) is 11.5 Å². The summed E-state index contributed by atoms with van der Waals surface area (Å²) in [5, 5.41) is 28.8. The minimum atomic E-state index is -0.545. The van der Waals surface area contributed by atoms with Gasteiger partial charge in [0.25, 0.3) is 0 Å². The second-order valence-corrected chi connectivity index (χ2v) is 15.3. The van der Waals surface area contributed by atoms with Crippen LogP contribution in [0.2, 0.25) is 40.2 Å². The Kier molecular flexibility index (Phi) is 16.5. The molecule has 4 aromatic heterocycles. The van der Waals surface area contributed by atoms with Gasteiger partial charge < -0.3 is 21.3 Å². The fraction of sp³-hybridized carbons (Fsp3) is 0.0238. The van der Waals surface area contributed by atoms with Crippen molar-refractivity contribution in [1.29, 1.82) is 0 Å². The van der Waals surface area contributed by atoms with Crippen LogP contribution in [0.25, 0.3) is 21.8 Å². The summed E-state index contributed by atoms with van der Waals surface area (Å²) in [6.45, 7) is 0. The van der Waals surface area contributed by atoms with E-state index in [0.717, 1.165) is 10.8 Å². The first kappa shape index (κ1) is 45.3. The van der Waals surface area contributed by atoms with E-state index in [1.165, 1.54) is 24.5 Å². The van der Waals surface area contributed by atoms with Gasteiger partial charge in [0.15, 0.2) is 6.29 Å². The van der Waals surface area contributed by atoms with Crippen LogP contribution in [0.3, 0.4) is 0 Å². The van der Waals surface area contributed by atoms with Crippen molar-refractivity contribution < 1.29 is 15.0 Å². The first-order valence-corrected chi connectivity index (χ1v) is 19.9. The highest BCUT2D eigenvalue weighted by molar-refractivity contribution is 6.42. The molecule has 17 heteroatoms. The van der Waals surface area contributed by atoms with Gasteiger partial charge in [0, 0.05) is 73.9 Å². The minimum Gasteiger partial charge on any atom is -0.506 e. The molecule has 8 aromatic rings. The molecule has 0 bridgehead atoms. The van der Waals surface area contributed by atoms with E-state index in [4.69, 9.17) is 98.5 Å². The summed E-state index contributed by atoms with van der Waals surface area (Å²) in [7, 11) is 0. The molecule has 1 atom stereocenters. The number of fused-ring (bicyclic) bond motifs is 2. The van der Waals surface area contributed by atoms with Crippen LogP contribution in [0, 0.1) is 0 Å². The van der Waals surface area contributed by atoms with Gasteiger partial charge in [-0.25, -0.2) is 9.97 Å². The maximum atomic E-state index is 11.0. The number of nitrogens with zero attached hydrogens (tertiary/aromatic N) is 4. The fourth-order valence-electron chi connectivity index (χ4n) is 5.19. The van der Waals surface area contributed by atoms with Crippen molar-refractivity contribution in [2.45, 2.75) is 6.04 Å². The van der Waals surface area contributed by atoms with Gasteiger partial charge >= 0.3 is 0 Å². The Balaban J connectivity index is 0.000000179. The van der Waals surface area contributed by atoms with Crippen LogP contribution in [0.15, 0.2) is 128 Å². The van der Waals surface area contributed by atoms with Crippen LogP contribution in [0.5, 0.6) is 11.5 Å². The van der Waals surface area contributed by atoms with Gasteiger partial charge in [-0.15, -0.1) is 0 Å². The van der Waals surface area contributed by atoms with Crippen molar-refractivity contribution in [3.63, 3.8) is 0 Å². The molecule has 0 aliphatic rings. The largest absolute Gasteiger partial charge is 0.506 e. The van der Waals surface area contributed by atoms with E-state index in [-0.39, 0.29) is 11.5 Å². The molecule has 0 spiro atoms. The Morgan fingerprint density at radius 2 is 1.14 bits per heavy atom. The molecule has 0 saturated carbocycles. The summed E-state index contributed by atoms with van der Waals surface area (Å²) in [4.78, 5) is 26.5. The third-order valence-electron chi connectivity index (χ3n) is 8.00. The summed E-state index contributed by atoms with van der Waals surface area (Å²) in [5.41, 5.74) is 8.17. The number of anilines is 2. The number of aromatic hydroxyl groups is 2. The molecule has 0 aliphatic heterocycles. The lowest BCUT2D eigenvalue weighted by molar-refractivity contribution is 0.112. The number of carbonyl (C=O) groups excluding carboxylic acids is 1. The number of aldehydes is 1. The Morgan fingerprint density at radius 1 is 0.559 bits per heavy atom. The molecule has 300 valence electrons. The predicted molar refractivity (Wildman–Crippen MR) is 244 cm³/mol. The van der Waals surface area contributed by atoms with E-state index in [1.807, 2.05) is 42.5 Å². The van der Waals surface area contributed by atoms with Crippen LogP contribution in [0.4, 0.5) is 11.6 Å². The minimum absolute atomic E-state index is 0.0478. The van der Waals surface area contributed by atoms with E-state index in [9.17, 15) is 15.0 Å². The van der Waals surface area contributed by atoms with Gasteiger partial charge in [-0.1, -0.05) is 135 Å². The lowest BCUT2D eigenvalue weighted by Gasteiger charge is -2.23. The van der Waals surface area contributed by atoms with Crippen LogP contribution in [-0.4, -0.2) is 36.4 Å². The number of pyridine rings is 4. The smallest absolute Gasteiger partial charge is 0.151 e. The number of phenolic OH excluding ortho intramolecular Hbond substituents is 2. The number of nitrogens with one attached hydrogen (secondary N) is 1. The van der Waals surface area contributed by atoms with Crippen molar-refractivity contribution in [2.24, 2.45) is 0 Å². The number of hydrogen-bond acceptors (Lipinski definition) is 9. The Bertz CT molecular complexity index is 2740. The van der Waals surface area contributed by atoms with Crippen molar-refractivity contribution >= 4 is 133 Å². The Morgan fingerprint density at radius 3 is 1.73 bits per heavy atom. The SMILES string of the molecule is Nc1cc(Cl)c(Cl)cn1.O=Cc1ccc(Cl)cc1Cl.Oc1c(C(Nc2cc(Cl)c(Cl)cn2)c2ccc(Cl)cc2Cl)ccc2cccnc12.Oc1cccc2cccnc12. The zero-order chi connectivity index (χ0) is 42.6. The molecule has 59 heavy (non-hydrogen) atoms. The number of benzene rings is 4. The summed E-state index contributed by atoms with van der Waals surface area (Å²) in [6.07, 6.45) is 6.86. The molecule has 5 N–H and O–H groups in total. The topological polar surface area (TPSA) is 147 Å². The monoisotopic (exact) mass is 944 g/mol. The molecule has 0 fully saturated rings. The lowest BCUT2D eigenvalue weighted by atomic mass is 9.96. The number of rotatable bonds is 5. The molecule has 4 aromatic carbocycles. The third-order valence-corrected chi connectivity index (χ3v) is 10.5. The highest BCUT2D eigenvalue weighted by Gasteiger charge is 2.23. The van der Waals surface area contributed by atoms with Crippen molar-refractivity contribution in [3.05, 3.63) is 185 Å². The van der Waals surface area contributed by atoms with Gasteiger partial charge in [-0.2, -0.15) is 0 Å². The standard InChI is InChI=1S/C21H13Cl4N3O.C9H7NO.C7H4Cl2O.C5H4Cl2N2/c22-12-4-6-13(15(23)8-12)20(28-18-9-16(24)17(25)10-27-18)14-5-3-11-2-1-7-26-19(11)21(14)29;11-8-5-1-3-7-4-2-6-10-9(7)8;8-6-2-1-5(4-10)7(9)3-6;6-3-1-5(8)9-2-4(3)7/h1-10,20,29H,(H,27,28);1-6,11H;1-4H;1-2H,(H2,8,9). The van der Waals surface area contributed by atoms with Crippen molar-refractivity contribution in [2.75, 3.05) is 11.1 Å². The van der Waals surface area contributed by atoms with Gasteiger partial charge in [-0.05, 0) is 54.1 Å². The van der Waals surface area contributed by atoms with Crippen LogP contribution >= 0.6 is 92.8 Å². The van der Waals surface area contributed by atoms with E-state index < -0.39 is 6.04 Å². The van der Waals surface area contributed by atoms with Crippen LogP contribution < -0.4 is 11.1 Å². The number of carbonyl (C=O) groups is 1. The van der Waals surface area contributed by atoms with Crippen LogP contribution in [-0.2, 0) is 0 Å². The lowest BCUT2D eigenvalue weighted by Crippen LogP contribution is -2.14. The normalized spacial score (nSPS) is 10.9. The molecule has 0 amide bonds. The average molecular weight is 948 g/mol. The molecule has 0 radical (unpaired) electrons. The second kappa shape index (κ2) is 21.4. The van der Waals surface area contributed by atoms with Gasteiger partial charge in [0.1, 0.15) is 34.2 Å². The number of para-hydroxylation sites is 1. The fourth-order valence-corrected chi connectivity index (χ4v) is 6.68. The van der Waals surface area contributed by atoms with E-state index >= 15 is 0 Å². The first-order chi connectivity index (χ1) is 28.2. The highest BCUT2D eigenvalue weighted by Crippen LogP contribution is 2.39. The Hall–Kier alpha value is -4.81. The summed E-state index contributed by atoms with van der Waals surface area (Å²) >= 11 is 46.9. The predicted octanol–water partition coefficient (Wildman–Crippen LogP) is 13.9. The van der Waals surface area contributed by atoms with E-state index in [0.29, 0.717) is 85.8 Å². The number of aromatic nitrogens is 4. The molecule has 9 nitrogen and oxygen atoms in total. The van der Waals surface area contributed by atoms with Crippen LogP contribution in [0.1, 0.15) is 27.5 Å². The van der Waals surface area contributed by atoms with E-state index in [2.05, 4.69) is 25.3 Å². The van der Waals surface area contributed by atoms with Gasteiger partial charge in [0.05, 0.1) is 31.2 Å². The molecule has 4 heterocycles.